The predicted molar refractivity (Wildman–Crippen MR) is 116 cm³/mol. The van der Waals surface area contributed by atoms with E-state index >= 15 is 0 Å². The number of aromatic nitrogens is 2. The van der Waals surface area contributed by atoms with E-state index in [1.54, 1.807) is 31.0 Å². The second-order valence-electron chi connectivity index (χ2n) is 7.07. The van der Waals surface area contributed by atoms with Crippen LogP contribution in [0.2, 0.25) is 0 Å². The van der Waals surface area contributed by atoms with Crippen LogP contribution in [0, 0.1) is 0 Å². The first kappa shape index (κ1) is 20.2. The van der Waals surface area contributed by atoms with Gasteiger partial charge >= 0.3 is 0 Å². The normalized spacial score (nSPS) is 16.3. The Morgan fingerprint density at radius 1 is 1.27 bits per heavy atom. The van der Waals surface area contributed by atoms with Gasteiger partial charge in [-0.05, 0) is 37.6 Å². The highest BCUT2D eigenvalue weighted by atomic mass is 32.1. The smallest absolute Gasteiger partial charge is 0.269 e. The molecule has 0 bridgehead atoms. The molecule has 1 aromatic carbocycles. The zero-order chi connectivity index (χ0) is 21.1. The third kappa shape index (κ3) is 4.27. The first-order valence-corrected chi connectivity index (χ1v) is 10.6. The first-order valence-electron chi connectivity index (χ1n) is 9.82. The number of nitrogens with one attached hydrogen (secondary N) is 2. The lowest BCUT2D eigenvalue weighted by atomic mass is 10.1. The fourth-order valence-corrected chi connectivity index (χ4v) is 4.63. The van der Waals surface area contributed by atoms with Crippen LogP contribution in [0.1, 0.15) is 30.3 Å². The lowest BCUT2D eigenvalue weighted by molar-refractivity contribution is -0.117. The van der Waals surface area contributed by atoms with E-state index < -0.39 is 0 Å². The molecular weight excluding hydrogens is 402 g/mol. The highest BCUT2D eigenvalue weighted by Gasteiger charge is 2.27. The average Bonchev–Trinajstić information content (AvgIpc) is 3.16. The molecule has 2 aromatic heterocycles. The monoisotopic (exact) mass is 425 g/mol. The van der Waals surface area contributed by atoms with Crippen LogP contribution in [-0.2, 0) is 4.79 Å². The minimum Gasteiger partial charge on any atom is -0.457 e. The Bertz CT molecular complexity index is 1080. The van der Waals surface area contributed by atoms with E-state index in [4.69, 9.17) is 4.74 Å². The zero-order valence-corrected chi connectivity index (χ0v) is 17.7. The molecule has 1 aliphatic rings. The number of fused-ring (bicyclic) bond motifs is 1. The molecule has 1 aliphatic heterocycles. The summed E-state index contributed by atoms with van der Waals surface area (Å²) in [5.74, 6) is 0.870. The molecule has 2 N–H and O–H groups in total. The first-order chi connectivity index (χ1) is 14.5. The van der Waals surface area contributed by atoms with Gasteiger partial charge in [-0.1, -0.05) is 11.3 Å². The van der Waals surface area contributed by atoms with Crippen molar-refractivity contribution in [3.63, 3.8) is 0 Å². The van der Waals surface area contributed by atoms with E-state index in [1.807, 2.05) is 18.2 Å². The second kappa shape index (κ2) is 8.76. The Balaban J connectivity index is 1.59. The van der Waals surface area contributed by atoms with Crippen LogP contribution in [0.15, 0.2) is 36.5 Å². The fraction of sp³-hybridized carbons (Fsp3) is 0.333. The number of anilines is 1. The lowest BCUT2D eigenvalue weighted by Gasteiger charge is -2.32. The molecule has 0 aliphatic carbocycles. The number of pyridine rings is 1. The third-order valence-corrected chi connectivity index (χ3v) is 5.97. The van der Waals surface area contributed by atoms with E-state index in [9.17, 15) is 9.59 Å². The number of carbonyl (C=O) groups is 2. The van der Waals surface area contributed by atoms with Gasteiger partial charge in [-0.3, -0.25) is 19.5 Å². The summed E-state index contributed by atoms with van der Waals surface area (Å²) in [6.07, 6.45) is 3.54. The van der Waals surface area contributed by atoms with Crippen molar-refractivity contribution in [1.82, 2.24) is 20.6 Å². The Hall–Kier alpha value is -3.04. The van der Waals surface area contributed by atoms with Gasteiger partial charge in [0.2, 0.25) is 5.91 Å². The van der Waals surface area contributed by atoms with Crippen molar-refractivity contribution < 1.29 is 14.3 Å². The summed E-state index contributed by atoms with van der Waals surface area (Å²) < 4.78 is 6.85. The maximum Gasteiger partial charge on any atom is 0.269 e. The van der Waals surface area contributed by atoms with Gasteiger partial charge in [0.25, 0.3) is 5.91 Å². The largest absolute Gasteiger partial charge is 0.457 e. The summed E-state index contributed by atoms with van der Waals surface area (Å²) >= 11 is 1.47. The molecule has 2 amide bonds. The van der Waals surface area contributed by atoms with Crippen molar-refractivity contribution in [2.45, 2.75) is 25.8 Å². The van der Waals surface area contributed by atoms with Crippen molar-refractivity contribution in [1.29, 1.82) is 0 Å². The van der Waals surface area contributed by atoms with Crippen molar-refractivity contribution in [3.8, 4) is 11.5 Å². The molecule has 0 spiro atoms. The quantitative estimate of drug-likeness (QED) is 0.652. The number of benzene rings is 1. The number of hydrogen-bond acceptors (Lipinski definition) is 7. The topological polar surface area (TPSA) is 96.5 Å². The van der Waals surface area contributed by atoms with Crippen LogP contribution in [0.3, 0.4) is 0 Å². The molecule has 1 atom stereocenters. The van der Waals surface area contributed by atoms with Crippen LogP contribution < -0.4 is 20.3 Å². The highest BCUT2D eigenvalue weighted by molar-refractivity contribution is 7.22. The number of piperidine rings is 1. The van der Waals surface area contributed by atoms with Gasteiger partial charge in [-0.2, -0.15) is 0 Å². The summed E-state index contributed by atoms with van der Waals surface area (Å²) in [6, 6.07) is 9.01. The third-order valence-electron chi connectivity index (χ3n) is 4.96. The van der Waals surface area contributed by atoms with Crippen LogP contribution in [0.5, 0.6) is 11.5 Å². The molecular formula is C21H23N5O3S. The molecule has 30 heavy (non-hydrogen) atoms. The van der Waals surface area contributed by atoms with E-state index in [1.165, 1.54) is 17.5 Å². The van der Waals surface area contributed by atoms with Gasteiger partial charge in [0.15, 0.2) is 5.13 Å². The summed E-state index contributed by atoms with van der Waals surface area (Å²) in [5.41, 5.74) is 1.10. The molecule has 1 fully saturated rings. The zero-order valence-electron chi connectivity index (χ0n) is 16.8. The summed E-state index contributed by atoms with van der Waals surface area (Å²) in [6.45, 7) is 3.35. The summed E-state index contributed by atoms with van der Waals surface area (Å²) in [4.78, 5) is 34.6. The molecule has 156 valence electrons. The number of carbonyl (C=O) groups excluding carboxylic acids is 2. The van der Waals surface area contributed by atoms with Gasteiger partial charge in [0.1, 0.15) is 17.2 Å². The minimum absolute atomic E-state index is 0.00209. The number of thiazole rings is 1. The molecule has 0 saturated carbocycles. The maximum absolute atomic E-state index is 12.3. The van der Waals surface area contributed by atoms with Gasteiger partial charge in [0.05, 0.1) is 16.3 Å². The van der Waals surface area contributed by atoms with E-state index in [0.717, 1.165) is 36.1 Å². The Morgan fingerprint density at radius 3 is 2.83 bits per heavy atom. The van der Waals surface area contributed by atoms with Crippen LogP contribution in [0.4, 0.5) is 5.13 Å². The molecule has 0 radical (unpaired) electrons. The Kier molecular flexibility index (Phi) is 5.91. The summed E-state index contributed by atoms with van der Waals surface area (Å²) in [5, 5.41) is 6.60. The van der Waals surface area contributed by atoms with Gasteiger partial charge in [0, 0.05) is 38.8 Å². The molecule has 3 heterocycles. The number of amides is 2. The number of hydrogen-bond donors (Lipinski definition) is 2. The Labute approximate surface area is 178 Å². The number of ether oxygens (including phenoxy) is 1. The molecule has 9 heteroatoms. The molecule has 4 rings (SSSR count). The molecule has 8 nitrogen and oxygen atoms in total. The van der Waals surface area contributed by atoms with Crippen molar-refractivity contribution in [3.05, 3.63) is 42.2 Å². The second-order valence-corrected chi connectivity index (χ2v) is 8.08. The van der Waals surface area contributed by atoms with E-state index in [-0.39, 0.29) is 23.6 Å². The molecule has 1 saturated heterocycles. The maximum atomic E-state index is 12.3. The molecule has 1 unspecified atom stereocenters. The predicted octanol–water partition coefficient (Wildman–Crippen LogP) is 2.95. The van der Waals surface area contributed by atoms with E-state index in [0.29, 0.717) is 16.6 Å². The van der Waals surface area contributed by atoms with Crippen LogP contribution in [-0.4, -0.2) is 48.0 Å². The number of rotatable bonds is 5. The Morgan fingerprint density at radius 2 is 2.10 bits per heavy atom. The van der Waals surface area contributed by atoms with Crippen molar-refractivity contribution >= 4 is 38.5 Å². The lowest BCUT2D eigenvalue weighted by Crippen LogP contribution is -2.48. The van der Waals surface area contributed by atoms with Gasteiger partial charge in [-0.25, -0.2) is 4.98 Å². The number of nitrogens with zero attached hydrogens (tertiary/aromatic N) is 3. The SMILES string of the molecule is CNC(=O)c1cc(Oc2ccc3nc(N(C(C)=O)C4CCCNC4)sc3c2)ccn1. The summed E-state index contributed by atoms with van der Waals surface area (Å²) in [7, 11) is 1.56. The molecule has 3 aromatic rings. The standard InChI is InChI=1S/C21H23N5O3S/c1-13(27)26(14-4-3-8-23-12-14)21-25-17-6-5-15(11-19(17)30-21)29-16-7-9-24-18(10-16)20(28)22-2/h5-7,9-11,14,23H,3-4,8,12H2,1-2H3,(H,22,28). The van der Waals surface area contributed by atoms with Crippen LogP contribution >= 0.6 is 11.3 Å². The van der Waals surface area contributed by atoms with E-state index in [2.05, 4.69) is 20.6 Å². The van der Waals surface area contributed by atoms with Crippen molar-refractivity contribution in [2.75, 3.05) is 25.0 Å². The highest BCUT2D eigenvalue weighted by Crippen LogP contribution is 2.34. The van der Waals surface area contributed by atoms with Crippen LogP contribution in [0.25, 0.3) is 10.2 Å². The fourth-order valence-electron chi connectivity index (χ4n) is 3.52. The average molecular weight is 426 g/mol. The van der Waals surface area contributed by atoms with Gasteiger partial charge < -0.3 is 15.4 Å². The van der Waals surface area contributed by atoms with Crippen molar-refractivity contribution in [2.24, 2.45) is 0 Å². The minimum atomic E-state index is -0.274. The van der Waals surface area contributed by atoms with Gasteiger partial charge in [-0.15, -0.1) is 0 Å².